The van der Waals surface area contributed by atoms with Gasteiger partial charge in [-0.3, -0.25) is 9.69 Å². The lowest BCUT2D eigenvalue weighted by atomic mass is 10.1. The molecule has 0 radical (unpaired) electrons. The number of alkyl halides is 1. The van der Waals surface area contributed by atoms with E-state index in [0.717, 1.165) is 32.6 Å². The zero-order valence-corrected chi connectivity index (χ0v) is 10.9. The van der Waals surface area contributed by atoms with Crippen LogP contribution in [0, 0.1) is 0 Å². The Kier molecular flexibility index (Phi) is 3.67. The minimum Gasteiger partial charge on any atom is -0.340 e. The molecule has 0 aromatic heterocycles. The van der Waals surface area contributed by atoms with Crippen LogP contribution in [0.1, 0.15) is 26.2 Å². The number of carbonyl (C=O) groups is 1. The topological polar surface area (TPSA) is 23.6 Å². The van der Waals surface area contributed by atoms with E-state index in [4.69, 9.17) is 0 Å². The Morgan fingerprint density at radius 3 is 2.93 bits per heavy atom. The summed E-state index contributed by atoms with van der Waals surface area (Å²) < 4.78 is 0. The van der Waals surface area contributed by atoms with Crippen molar-refractivity contribution in [3.63, 3.8) is 0 Å². The summed E-state index contributed by atoms with van der Waals surface area (Å²) in [4.78, 5) is 17.0. The summed E-state index contributed by atoms with van der Waals surface area (Å²) in [5.41, 5.74) is 0. The zero-order valence-electron chi connectivity index (χ0n) is 9.29. The lowest BCUT2D eigenvalue weighted by Gasteiger charge is -2.37. The molecule has 0 saturated carbocycles. The SMILES string of the molecule is CCCC(=O)N1CCN2CC(Br)CC2C1. The second-order valence-electron chi connectivity index (χ2n) is 4.57. The van der Waals surface area contributed by atoms with Crippen LogP contribution in [-0.2, 0) is 4.79 Å². The van der Waals surface area contributed by atoms with Crippen LogP contribution in [0.4, 0.5) is 0 Å². The number of carbonyl (C=O) groups excluding carboxylic acids is 1. The number of amides is 1. The van der Waals surface area contributed by atoms with Gasteiger partial charge in [0.1, 0.15) is 0 Å². The molecular formula is C11H19BrN2O. The van der Waals surface area contributed by atoms with Gasteiger partial charge >= 0.3 is 0 Å². The maximum Gasteiger partial charge on any atom is 0.222 e. The average molecular weight is 275 g/mol. The largest absolute Gasteiger partial charge is 0.340 e. The van der Waals surface area contributed by atoms with Crippen molar-refractivity contribution < 1.29 is 4.79 Å². The van der Waals surface area contributed by atoms with E-state index in [9.17, 15) is 4.79 Å². The molecule has 2 heterocycles. The Hall–Kier alpha value is -0.0900. The third-order valence-corrected chi connectivity index (χ3v) is 4.05. The molecule has 0 N–H and O–H groups in total. The number of hydrogen-bond donors (Lipinski definition) is 0. The standard InChI is InChI=1S/C11H19BrN2O/c1-2-3-11(15)14-5-4-13-7-9(12)6-10(13)8-14/h9-10H,2-8H2,1H3. The summed E-state index contributed by atoms with van der Waals surface area (Å²) in [5.74, 6) is 0.343. The first-order valence-electron chi connectivity index (χ1n) is 5.86. The summed E-state index contributed by atoms with van der Waals surface area (Å²) >= 11 is 3.67. The van der Waals surface area contributed by atoms with E-state index in [1.54, 1.807) is 0 Å². The Morgan fingerprint density at radius 1 is 1.40 bits per heavy atom. The molecule has 1 amide bonds. The highest BCUT2D eigenvalue weighted by Crippen LogP contribution is 2.26. The van der Waals surface area contributed by atoms with Crippen molar-refractivity contribution >= 4 is 21.8 Å². The molecule has 2 aliphatic rings. The van der Waals surface area contributed by atoms with Gasteiger partial charge in [0.25, 0.3) is 0 Å². The molecule has 0 aliphatic carbocycles. The first-order valence-corrected chi connectivity index (χ1v) is 6.78. The van der Waals surface area contributed by atoms with Crippen LogP contribution in [-0.4, -0.2) is 52.8 Å². The Morgan fingerprint density at radius 2 is 2.20 bits per heavy atom. The monoisotopic (exact) mass is 274 g/mol. The van der Waals surface area contributed by atoms with Crippen molar-refractivity contribution in [3.05, 3.63) is 0 Å². The molecule has 0 aromatic rings. The highest BCUT2D eigenvalue weighted by atomic mass is 79.9. The van der Waals surface area contributed by atoms with Crippen LogP contribution in [0.25, 0.3) is 0 Å². The quantitative estimate of drug-likeness (QED) is 0.712. The van der Waals surface area contributed by atoms with Crippen LogP contribution >= 0.6 is 15.9 Å². The van der Waals surface area contributed by atoms with Crippen LogP contribution in [0.15, 0.2) is 0 Å². The average Bonchev–Trinajstić information content (AvgIpc) is 2.57. The molecule has 2 aliphatic heterocycles. The lowest BCUT2D eigenvalue weighted by Crippen LogP contribution is -2.52. The fourth-order valence-corrected chi connectivity index (χ4v) is 3.38. The van der Waals surface area contributed by atoms with Gasteiger partial charge in [-0.2, -0.15) is 0 Å². The van der Waals surface area contributed by atoms with E-state index in [0.29, 0.717) is 23.2 Å². The van der Waals surface area contributed by atoms with Gasteiger partial charge in [-0.1, -0.05) is 22.9 Å². The number of halogens is 1. The minimum absolute atomic E-state index is 0.343. The van der Waals surface area contributed by atoms with Crippen molar-refractivity contribution in [3.8, 4) is 0 Å². The van der Waals surface area contributed by atoms with Crippen LogP contribution in [0.5, 0.6) is 0 Å². The summed E-state index contributed by atoms with van der Waals surface area (Å²) in [6.07, 6.45) is 2.87. The molecule has 15 heavy (non-hydrogen) atoms. The molecule has 0 bridgehead atoms. The number of nitrogens with zero attached hydrogens (tertiary/aromatic N) is 2. The van der Waals surface area contributed by atoms with E-state index in [-0.39, 0.29) is 0 Å². The highest BCUT2D eigenvalue weighted by Gasteiger charge is 2.35. The Bertz CT molecular complexity index is 247. The molecule has 4 heteroatoms. The van der Waals surface area contributed by atoms with Crippen molar-refractivity contribution in [1.29, 1.82) is 0 Å². The first-order chi connectivity index (χ1) is 7.20. The van der Waals surface area contributed by atoms with Gasteiger partial charge in [0.2, 0.25) is 5.91 Å². The van der Waals surface area contributed by atoms with Crippen LogP contribution in [0.3, 0.4) is 0 Å². The van der Waals surface area contributed by atoms with Crippen molar-refractivity contribution in [2.45, 2.75) is 37.1 Å². The minimum atomic E-state index is 0.343. The third-order valence-electron chi connectivity index (χ3n) is 3.38. The Labute approximate surface area is 99.9 Å². The molecule has 0 spiro atoms. The predicted molar refractivity (Wildman–Crippen MR) is 64.2 cm³/mol. The molecule has 2 rings (SSSR count). The number of hydrogen-bond acceptors (Lipinski definition) is 2. The second-order valence-corrected chi connectivity index (χ2v) is 5.87. The number of rotatable bonds is 2. The molecule has 0 aromatic carbocycles. The normalized spacial score (nSPS) is 31.7. The van der Waals surface area contributed by atoms with Gasteiger partial charge in [0.15, 0.2) is 0 Å². The van der Waals surface area contributed by atoms with Gasteiger partial charge in [0.05, 0.1) is 0 Å². The molecular weight excluding hydrogens is 256 g/mol. The molecule has 86 valence electrons. The van der Waals surface area contributed by atoms with Crippen molar-refractivity contribution in [2.24, 2.45) is 0 Å². The molecule has 2 unspecified atom stereocenters. The van der Waals surface area contributed by atoms with Crippen LogP contribution < -0.4 is 0 Å². The van der Waals surface area contributed by atoms with Gasteiger partial charge in [-0.25, -0.2) is 0 Å². The van der Waals surface area contributed by atoms with E-state index in [1.165, 1.54) is 6.42 Å². The van der Waals surface area contributed by atoms with E-state index in [2.05, 4.69) is 32.7 Å². The van der Waals surface area contributed by atoms with Gasteiger partial charge in [-0.15, -0.1) is 0 Å². The maximum absolute atomic E-state index is 11.8. The summed E-state index contributed by atoms with van der Waals surface area (Å²) in [6, 6.07) is 0.601. The highest BCUT2D eigenvalue weighted by molar-refractivity contribution is 9.09. The lowest BCUT2D eigenvalue weighted by molar-refractivity contribution is -0.133. The van der Waals surface area contributed by atoms with Crippen LogP contribution in [0.2, 0.25) is 0 Å². The predicted octanol–water partition coefficient (Wildman–Crippen LogP) is 1.47. The number of fused-ring (bicyclic) bond motifs is 1. The number of piperazine rings is 1. The fraction of sp³-hybridized carbons (Fsp3) is 0.909. The fourth-order valence-electron chi connectivity index (χ4n) is 2.58. The molecule has 2 fully saturated rings. The van der Waals surface area contributed by atoms with Crippen molar-refractivity contribution in [2.75, 3.05) is 26.2 Å². The smallest absolute Gasteiger partial charge is 0.222 e. The summed E-state index contributed by atoms with van der Waals surface area (Å²) in [7, 11) is 0. The van der Waals surface area contributed by atoms with Crippen molar-refractivity contribution in [1.82, 2.24) is 9.80 Å². The van der Waals surface area contributed by atoms with E-state index >= 15 is 0 Å². The Balaban J connectivity index is 1.89. The third kappa shape index (κ3) is 2.53. The molecule has 2 atom stereocenters. The maximum atomic E-state index is 11.8. The van der Waals surface area contributed by atoms with E-state index in [1.807, 2.05) is 0 Å². The summed E-state index contributed by atoms with van der Waals surface area (Å²) in [6.45, 7) is 6.15. The zero-order chi connectivity index (χ0) is 10.8. The van der Waals surface area contributed by atoms with Gasteiger partial charge in [-0.05, 0) is 12.8 Å². The van der Waals surface area contributed by atoms with E-state index < -0.39 is 0 Å². The van der Waals surface area contributed by atoms with Gasteiger partial charge in [0, 0.05) is 43.5 Å². The molecule has 2 saturated heterocycles. The summed E-state index contributed by atoms with van der Waals surface area (Å²) in [5, 5.41) is 0. The first kappa shape index (κ1) is 11.4. The second kappa shape index (κ2) is 4.83. The molecule has 3 nitrogen and oxygen atoms in total. The van der Waals surface area contributed by atoms with Gasteiger partial charge < -0.3 is 4.90 Å².